The second-order valence-corrected chi connectivity index (χ2v) is 13.0. The Balaban J connectivity index is 0.000000141. The first-order valence-electron chi connectivity index (χ1n) is 9.54. The lowest BCUT2D eigenvalue weighted by Crippen LogP contribution is -1.99. The highest BCUT2D eigenvalue weighted by Crippen LogP contribution is 2.61. The molecule has 2 aromatic carbocycles. The van der Waals surface area contributed by atoms with Crippen molar-refractivity contribution in [3.05, 3.63) is 95.9 Å². The lowest BCUT2D eigenvalue weighted by molar-refractivity contribution is 0.600. The number of nitrogens with one attached hydrogen (secondary N) is 4. The van der Waals surface area contributed by atoms with Crippen LogP contribution in [0.4, 0.5) is 0 Å². The number of aromatic nitrogens is 8. The molecule has 0 spiro atoms. The van der Waals surface area contributed by atoms with E-state index in [2.05, 4.69) is 69.0 Å². The number of H-pyrrole nitrogens is 4. The minimum atomic E-state index is -3.22. The zero-order chi connectivity index (χ0) is 24.4. The van der Waals surface area contributed by atoms with E-state index in [-0.39, 0.29) is 5.69 Å². The third-order valence-electron chi connectivity index (χ3n) is 3.93. The fourth-order valence-corrected chi connectivity index (χ4v) is 2.63. The number of halogens is 3. The number of para-hydroxylation sites is 4. The van der Waals surface area contributed by atoms with Crippen LogP contribution in [0.2, 0.25) is 0 Å². The number of benzene rings is 2. The lowest BCUT2D eigenvalue weighted by Gasteiger charge is -1.91. The second-order valence-electron chi connectivity index (χ2n) is 6.32. The molecule has 0 fully saturated rings. The van der Waals surface area contributed by atoms with Crippen molar-refractivity contribution >= 4 is 61.0 Å². The molecule has 4 N–H and O–H groups in total. The molecule has 0 atom stereocenters. The van der Waals surface area contributed by atoms with Crippen LogP contribution in [-0.4, -0.2) is 39.9 Å². The van der Waals surface area contributed by atoms with Crippen molar-refractivity contribution in [2.75, 3.05) is 0 Å². The summed E-state index contributed by atoms with van der Waals surface area (Å²) in [6.45, 7) is 0. The summed E-state index contributed by atoms with van der Waals surface area (Å²) in [5.41, 5.74) is 3.54. The summed E-state index contributed by atoms with van der Waals surface area (Å²) in [6.07, 6.45) is 7.05. The first kappa shape index (κ1) is 25.3. The average Bonchev–Trinajstić information content (AvgIpc) is 3.60. The first-order valence-corrected chi connectivity index (χ1v) is 14.0. The Hall–Kier alpha value is -3.30. The largest absolute Gasteiger partial charge is 0.339 e. The van der Waals surface area contributed by atoms with E-state index >= 15 is 0 Å². The quantitative estimate of drug-likeness (QED) is 0.195. The second kappa shape index (κ2) is 12.2. The van der Waals surface area contributed by atoms with Crippen LogP contribution in [0.25, 0.3) is 28.0 Å². The smallest absolute Gasteiger partial charge is 0.322 e. The molecule has 0 bridgehead atoms. The van der Waals surface area contributed by atoms with Crippen LogP contribution in [-0.2, 0) is 4.57 Å². The Labute approximate surface area is 207 Å². The Bertz CT molecular complexity index is 1410. The maximum Gasteiger partial charge on any atom is 0.339 e. The third-order valence-corrected chi connectivity index (χ3v) is 3.93. The van der Waals surface area contributed by atoms with Crippen LogP contribution in [0, 0.1) is 0 Å². The highest BCUT2D eigenvalue weighted by atomic mass is 36.0. The summed E-state index contributed by atoms with van der Waals surface area (Å²) >= 11 is 13.8. The van der Waals surface area contributed by atoms with Crippen molar-refractivity contribution in [1.82, 2.24) is 39.9 Å². The minimum Gasteiger partial charge on any atom is -0.322 e. The molecular formula is C20H18Cl3N8O2P. The van der Waals surface area contributed by atoms with Gasteiger partial charge in [-0.05, 0) is 70.1 Å². The van der Waals surface area contributed by atoms with E-state index in [1.54, 1.807) is 23.3 Å². The van der Waals surface area contributed by atoms with Crippen molar-refractivity contribution in [3.8, 4) is 5.95 Å². The fraction of sp³-hybridized carbons (Fsp3) is 0. The molecule has 6 aromatic rings. The van der Waals surface area contributed by atoms with Gasteiger partial charge in [-0.2, -0.15) is 10.2 Å². The Kier molecular flexibility index (Phi) is 9.12. The molecule has 4 aromatic heterocycles. The van der Waals surface area contributed by atoms with Crippen LogP contribution < -0.4 is 5.69 Å². The van der Waals surface area contributed by atoms with E-state index in [1.807, 2.05) is 66.9 Å². The van der Waals surface area contributed by atoms with Gasteiger partial charge in [0.15, 0.2) is 0 Å². The van der Waals surface area contributed by atoms with E-state index in [4.69, 9.17) is 0 Å². The Morgan fingerprint density at radius 2 is 1.41 bits per heavy atom. The number of fused-ring (bicyclic) bond motifs is 2. The van der Waals surface area contributed by atoms with Crippen LogP contribution in [0.15, 0.2) is 90.2 Å². The fourth-order valence-electron chi connectivity index (χ4n) is 2.63. The van der Waals surface area contributed by atoms with Crippen LogP contribution in [0.3, 0.4) is 0 Å². The molecule has 0 aliphatic carbocycles. The van der Waals surface area contributed by atoms with Gasteiger partial charge in [0.25, 0.3) is 0 Å². The van der Waals surface area contributed by atoms with Crippen molar-refractivity contribution in [3.63, 3.8) is 0 Å². The summed E-state index contributed by atoms with van der Waals surface area (Å²) in [7, 11) is 0. The molecule has 4 heterocycles. The highest BCUT2D eigenvalue weighted by Gasteiger charge is 2.03. The molecule has 10 nitrogen and oxygen atoms in total. The normalized spacial score (nSPS) is 10.4. The predicted octanol–water partition coefficient (Wildman–Crippen LogP) is 5.83. The summed E-state index contributed by atoms with van der Waals surface area (Å²) in [6, 6.07) is 19.1. The summed E-state index contributed by atoms with van der Waals surface area (Å²) in [4.78, 5) is 23.6. The molecule has 0 saturated carbocycles. The summed E-state index contributed by atoms with van der Waals surface area (Å²) in [5.74, 6) is 0.746. The van der Waals surface area contributed by atoms with Crippen molar-refractivity contribution < 1.29 is 4.57 Å². The number of nitrogens with zero attached hydrogens (tertiary/aromatic N) is 4. The number of imidazole rings is 2. The Morgan fingerprint density at radius 3 is 1.88 bits per heavy atom. The van der Waals surface area contributed by atoms with Gasteiger partial charge >= 0.3 is 10.9 Å². The van der Waals surface area contributed by atoms with E-state index in [1.165, 1.54) is 0 Å². The van der Waals surface area contributed by atoms with Crippen molar-refractivity contribution in [2.45, 2.75) is 0 Å². The van der Waals surface area contributed by atoms with E-state index in [0.717, 1.165) is 28.0 Å². The van der Waals surface area contributed by atoms with Crippen LogP contribution >= 0.6 is 38.9 Å². The van der Waals surface area contributed by atoms with Gasteiger partial charge in [0.05, 0.1) is 22.1 Å². The van der Waals surface area contributed by atoms with E-state index in [0.29, 0.717) is 0 Å². The zero-order valence-corrected chi connectivity index (χ0v) is 20.4. The topological polar surface area (TPSA) is 141 Å². The number of rotatable bonds is 1. The van der Waals surface area contributed by atoms with Crippen LogP contribution in [0.5, 0.6) is 0 Å². The van der Waals surface area contributed by atoms with Crippen LogP contribution in [0.1, 0.15) is 0 Å². The van der Waals surface area contributed by atoms with Gasteiger partial charge in [0.1, 0.15) is 0 Å². The minimum absolute atomic E-state index is 0.152. The molecule has 0 aliphatic heterocycles. The number of hydrogen-bond acceptors (Lipinski definition) is 5. The molecular weight excluding hydrogens is 522 g/mol. The molecule has 14 heteroatoms. The molecule has 0 radical (unpaired) electrons. The standard InChI is InChI=1S/C10H8N4.C7H6N2O.C3H4N2.Cl3OP/c1-2-5-9-8(4-1)12-10(13-9)14-7-3-6-11-14;10-7-8-5-3-1-2-4-6(5)9-7;1-2-4-5-3-1;1-5(2,3)4/h1-7H,(H,12,13);1-4H,(H2,8,9,10);1-3H,(H,4,5);. The lowest BCUT2D eigenvalue weighted by atomic mass is 10.3. The maximum atomic E-state index is 10.7. The van der Waals surface area contributed by atoms with E-state index in [9.17, 15) is 9.36 Å². The molecule has 6 rings (SSSR count). The molecule has 0 amide bonds. The zero-order valence-electron chi connectivity index (χ0n) is 17.3. The van der Waals surface area contributed by atoms with Crippen molar-refractivity contribution in [2.24, 2.45) is 0 Å². The first-order chi connectivity index (χ1) is 16.3. The van der Waals surface area contributed by atoms with Gasteiger partial charge in [-0.25, -0.2) is 14.5 Å². The van der Waals surface area contributed by atoms with Gasteiger partial charge in [-0.3, -0.25) is 9.66 Å². The highest BCUT2D eigenvalue weighted by molar-refractivity contribution is 8.24. The SMILES string of the molecule is O=P(Cl)(Cl)Cl.O=c1[nH]c2ccccc2[nH]1.c1ccc2[nH]c(-n3cccn3)nc2c1.c1cn[nH]c1. The average molecular weight is 540 g/mol. The molecule has 0 unspecified atom stereocenters. The molecule has 0 aliphatic rings. The predicted molar refractivity (Wildman–Crippen MR) is 136 cm³/mol. The molecule has 34 heavy (non-hydrogen) atoms. The number of hydrogen-bond donors (Lipinski definition) is 4. The van der Waals surface area contributed by atoms with Gasteiger partial charge in [0.2, 0.25) is 5.95 Å². The number of aromatic amines is 4. The molecule has 176 valence electrons. The third kappa shape index (κ3) is 8.57. The van der Waals surface area contributed by atoms with E-state index < -0.39 is 5.20 Å². The summed E-state index contributed by atoms with van der Waals surface area (Å²) < 4.78 is 11.2. The molecule has 0 saturated heterocycles. The van der Waals surface area contributed by atoms with Gasteiger partial charge in [0, 0.05) is 24.8 Å². The Morgan fingerprint density at radius 1 is 0.794 bits per heavy atom. The maximum absolute atomic E-state index is 10.7. The van der Waals surface area contributed by atoms with Gasteiger partial charge in [-0.1, -0.05) is 24.3 Å². The summed E-state index contributed by atoms with van der Waals surface area (Å²) in [5, 5.41) is 7.09. The van der Waals surface area contributed by atoms with Crippen molar-refractivity contribution in [1.29, 1.82) is 0 Å². The van der Waals surface area contributed by atoms with Gasteiger partial charge in [-0.15, -0.1) is 0 Å². The monoisotopic (exact) mass is 538 g/mol. The van der Waals surface area contributed by atoms with Gasteiger partial charge < -0.3 is 15.0 Å².